The lowest BCUT2D eigenvalue weighted by atomic mass is 10.0. The first-order chi connectivity index (χ1) is 14.0. The van der Waals surface area contributed by atoms with Crippen LogP contribution in [-0.2, 0) is 16.0 Å². The minimum absolute atomic E-state index is 0.270. The number of esters is 1. The van der Waals surface area contributed by atoms with Crippen molar-refractivity contribution in [3.8, 4) is 5.75 Å². The van der Waals surface area contributed by atoms with Crippen LogP contribution in [0.2, 0.25) is 0 Å². The zero-order valence-corrected chi connectivity index (χ0v) is 16.2. The number of rotatable bonds is 9. The fourth-order valence-electron chi connectivity index (χ4n) is 2.78. The Balaban J connectivity index is 1.48. The van der Waals surface area contributed by atoms with E-state index in [1.807, 2.05) is 12.1 Å². The van der Waals surface area contributed by atoms with Crippen molar-refractivity contribution in [3.63, 3.8) is 0 Å². The Kier molecular flexibility index (Phi) is 6.79. The van der Waals surface area contributed by atoms with Crippen LogP contribution in [0.1, 0.15) is 35.7 Å². The van der Waals surface area contributed by atoms with Gasteiger partial charge in [-0.1, -0.05) is 37.6 Å². The van der Waals surface area contributed by atoms with E-state index in [1.165, 1.54) is 17.7 Å². The molecule has 0 unspecified atom stereocenters. The van der Waals surface area contributed by atoms with Gasteiger partial charge >= 0.3 is 11.6 Å². The summed E-state index contributed by atoms with van der Waals surface area (Å²) in [6.07, 6.45) is 3.20. The maximum atomic E-state index is 12.2. The van der Waals surface area contributed by atoms with Crippen LogP contribution in [0.3, 0.4) is 0 Å². The van der Waals surface area contributed by atoms with Crippen molar-refractivity contribution in [3.05, 3.63) is 76.1 Å². The molecular weight excluding hydrogens is 372 g/mol. The number of fused-ring (bicyclic) bond motifs is 1. The van der Waals surface area contributed by atoms with Gasteiger partial charge in [-0.25, -0.2) is 9.59 Å². The molecule has 6 heteroatoms. The van der Waals surface area contributed by atoms with Gasteiger partial charge < -0.3 is 13.9 Å². The van der Waals surface area contributed by atoms with Gasteiger partial charge in [0.25, 0.3) is 0 Å². The average molecular weight is 394 g/mol. The first kappa shape index (κ1) is 20.3. The lowest BCUT2D eigenvalue weighted by molar-refractivity contribution is -0.144. The molecule has 0 atom stereocenters. The van der Waals surface area contributed by atoms with Crippen molar-refractivity contribution >= 4 is 22.7 Å². The van der Waals surface area contributed by atoms with Crippen LogP contribution in [0.4, 0.5) is 0 Å². The van der Waals surface area contributed by atoms with Gasteiger partial charge in [-0.3, -0.25) is 4.79 Å². The van der Waals surface area contributed by atoms with Gasteiger partial charge in [0, 0.05) is 23.1 Å². The summed E-state index contributed by atoms with van der Waals surface area (Å²) in [4.78, 5) is 35.3. The van der Waals surface area contributed by atoms with Crippen molar-refractivity contribution in [1.82, 2.24) is 0 Å². The summed E-state index contributed by atoms with van der Waals surface area (Å²) in [6.45, 7) is 1.43. The first-order valence-electron chi connectivity index (χ1n) is 9.49. The van der Waals surface area contributed by atoms with Crippen LogP contribution < -0.4 is 10.4 Å². The highest BCUT2D eigenvalue weighted by molar-refractivity contribution is 5.98. The summed E-state index contributed by atoms with van der Waals surface area (Å²) in [5, 5.41) is 0.742. The number of benzene rings is 2. The van der Waals surface area contributed by atoms with Gasteiger partial charge in [0.15, 0.2) is 19.0 Å². The van der Waals surface area contributed by atoms with Crippen LogP contribution in [0.25, 0.3) is 11.0 Å². The van der Waals surface area contributed by atoms with Crippen LogP contribution in [0.15, 0.2) is 63.8 Å². The number of ketones is 1. The molecule has 1 heterocycles. The molecule has 6 nitrogen and oxygen atoms in total. The maximum Gasteiger partial charge on any atom is 0.344 e. The molecule has 0 radical (unpaired) electrons. The zero-order chi connectivity index (χ0) is 20.6. The second-order valence-corrected chi connectivity index (χ2v) is 6.63. The van der Waals surface area contributed by atoms with Crippen molar-refractivity contribution in [2.75, 3.05) is 13.2 Å². The van der Waals surface area contributed by atoms with Crippen molar-refractivity contribution in [1.29, 1.82) is 0 Å². The number of carbonyl (C=O) groups excluding carboxylic acids is 2. The topological polar surface area (TPSA) is 82.8 Å². The molecule has 0 fully saturated rings. The van der Waals surface area contributed by atoms with Gasteiger partial charge in [-0.05, 0) is 36.6 Å². The monoisotopic (exact) mass is 394 g/mol. The number of hydrogen-bond donors (Lipinski definition) is 0. The lowest BCUT2D eigenvalue weighted by Gasteiger charge is -2.08. The second-order valence-electron chi connectivity index (χ2n) is 6.63. The highest BCUT2D eigenvalue weighted by Crippen LogP contribution is 2.19. The summed E-state index contributed by atoms with van der Waals surface area (Å²) in [7, 11) is 0. The van der Waals surface area contributed by atoms with Crippen molar-refractivity contribution < 1.29 is 23.5 Å². The molecular formula is C23H22O6. The fourth-order valence-corrected chi connectivity index (χ4v) is 2.78. The Hall–Kier alpha value is -3.41. The summed E-state index contributed by atoms with van der Waals surface area (Å²) >= 11 is 0. The standard InChI is InChI=1S/C23H22O6/c1-2-3-4-16-5-7-17(8-6-16)20(24)14-28-23(26)15-27-19-11-9-18-10-12-22(25)29-21(18)13-19/h5-13H,2-4,14-15H2,1H3. The van der Waals surface area contributed by atoms with Gasteiger partial charge in [0.1, 0.15) is 11.3 Å². The van der Waals surface area contributed by atoms with E-state index in [4.69, 9.17) is 13.9 Å². The molecule has 150 valence electrons. The predicted molar refractivity (Wildman–Crippen MR) is 108 cm³/mol. The molecule has 1 aromatic heterocycles. The van der Waals surface area contributed by atoms with Gasteiger partial charge in [0.2, 0.25) is 0 Å². The van der Waals surface area contributed by atoms with Crippen LogP contribution in [-0.4, -0.2) is 25.0 Å². The lowest BCUT2D eigenvalue weighted by Crippen LogP contribution is -2.19. The highest BCUT2D eigenvalue weighted by Gasteiger charge is 2.11. The number of unbranched alkanes of at least 4 members (excludes halogenated alkanes) is 1. The summed E-state index contributed by atoms with van der Waals surface area (Å²) in [5.74, 6) is -0.571. The van der Waals surface area contributed by atoms with Gasteiger partial charge in [0.05, 0.1) is 0 Å². The van der Waals surface area contributed by atoms with Crippen molar-refractivity contribution in [2.45, 2.75) is 26.2 Å². The van der Waals surface area contributed by atoms with Crippen LogP contribution in [0, 0.1) is 0 Å². The molecule has 0 aliphatic carbocycles. The molecule has 2 aromatic carbocycles. The molecule has 0 saturated heterocycles. The molecule has 29 heavy (non-hydrogen) atoms. The summed E-state index contributed by atoms with van der Waals surface area (Å²) in [5.41, 5.74) is 1.58. The number of hydrogen-bond acceptors (Lipinski definition) is 6. The molecule has 0 amide bonds. The molecule has 0 spiro atoms. The van der Waals surface area contributed by atoms with Crippen LogP contribution >= 0.6 is 0 Å². The van der Waals surface area contributed by atoms with Gasteiger partial charge in [-0.2, -0.15) is 0 Å². The zero-order valence-electron chi connectivity index (χ0n) is 16.2. The smallest absolute Gasteiger partial charge is 0.344 e. The Morgan fingerprint density at radius 1 is 0.966 bits per heavy atom. The third kappa shape index (κ3) is 5.78. The van der Waals surface area contributed by atoms with E-state index in [0.29, 0.717) is 16.9 Å². The second kappa shape index (κ2) is 9.68. The Morgan fingerprint density at radius 3 is 2.48 bits per heavy atom. The van der Waals surface area contributed by atoms with E-state index in [9.17, 15) is 14.4 Å². The molecule has 0 aliphatic rings. The SMILES string of the molecule is CCCCc1ccc(C(=O)COC(=O)COc2ccc3ccc(=O)oc3c2)cc1. The molecule has 0 aliphatic heterocycles. The van der Waals surface area contributed by atoms with E-state index in [-0.39, 0.29) is 19.0 Å². The summed E-state index contributed by atoms with van der Waals surface area (Å²) < 4.78 is 15.4. The maximum absolute atomic E-state index is 12.2. The fraction of sp³-hybridized carbons (Fsp3) is 0.261. The molecule has 3 rings (SSSR count). The average Bonchev–Trinajstić information content (AvgIpc) is 2.74. The third-order valence-electron chi connectivity index (χ3n) is 4.41. The largest absolute Gasteiger partial charge is 0.482 e. The quantitative estimate of drug-likeness (QED) is 0.311. The Labute approximate surface area is 168 Å². The third-order valence-corrected chi connectivity index (χ3v) is 4.41. The van der Waals surface area contributed by atoms with Gasteiger partial charge in [-0.15, -0.1) is 0 Å². The Morgan fingerprint density at radius 2 is 1.72 bits per heavy atom. The molecule has 0 bridgehead atoms. The number of carbonyl (C=O) groups is 2. The normalized spacial score (nSPS) is 10.7. The number of Topliss-reactive ketones (excluding diaryl/α,β-unsaturated/α-hetero) is 1. The Bertz CT molecular complexity index is 1050. The minimum atomic E-state index is -0.660. The first-order valence-corrected chi connectivity index (χ1v) is 9.49. The predicted octanol–water partition coefficient (Wildman–Crippen LogP) is 3.94. The van der Waals surface area contributed by atoms with E-state index in [0.717, 1.165) is 24.6 Å². The van der Waals surface area contributed by atoms with E-state index < -0.39 is 11.6 Å². The van der Waals surface area contributed by atoms with E-state index >= 15 is 0 Å². The molecule has 3 aromatic rings. The molecule has 0 saturated carbocycles. The van der Waals surface area contributed by atoms with E-state index in [1.54, 1.807) is 30.3 Å². The molecule has 0 N–H and O–H groups in total. The highest BCUT2D eigenvalue weighted by atomic mass is 16.6. The van der Waals surface area contributed by atoms with E-state index in [2.05, 4.69) is 6.92 Å². The minimum Gasteiger partial charge on any atom is -0.482 e. The summed E-state index contributed by atoms with van der Waals surface area (Å²) in [6, 6.07) is 15.2. The van der Waals surface area contributed by atoms with Crippen molar-refractivity contribution in [2.24, 2.45) is 0 Å². The number of ether oxygens (including phenoxy) is 2. The van der Waals surface area contributed by atoms with Crippen LogP contribution in [0.5, 0.6) is 5.75 Å². The number of aryl methyl sites for hydroxylation is 1.